The van der Waals surface area contributed by atoms with Crippen molar-refractivity contribution in [3.05, 3.63) is 4.88 Å². The lowest BCUT2D eigenvalue weighted by atomic mass is 10.2. The van der Waals surface area contributed by atoms with Gasteiger partial charge in [0.15, 0.2) is 5.13 Å². The van der Waals surface area contributed by atoms with E-state index in [1.807, 2.05) is 19.0 Å². The summed E-state index contributed by atoms with van der Waals surface area (Å²) in [5.41, 5.74) is 0. The van der Waals surface area contributed by atoms with Crippen LogP contribution >= 0.6 is 11.3 Å². The molecular weight excluding hydrogens is 250 g/mol. The second-order valence-electron chi connectivity index (χ2n) is 4.59. The summed E-state index contributed by atoms with van der Waals surface area (Å²) in [5, 5.41) is 4.39. The number of nitrogens with zero attached hydrogens (tertiary/aromatic N) is 2. The van der Waals surface area contributed by atoms with Gasteiger partial charge in [0, 0.05) is 33.8 Å². The topological polar surface area (TPSA) is 46.6 Å². The van der Waals surface area contributed by atoms with Crippen molar-refractivity contribution < 1.29 is 9.47 Å². The van der Waals surface area contributed by atoms with Gasteiger partial charge in [-0.05, 0) is 12.8 Å². The summed E-state index contributed by atoms with van der Waals surface area (Å²) >= 11 is 1.66. The zero-order valence-electron chi connectivity index (χ0n) is 11.2. The highest BCUT2D eigenvalue weighted by Gasteiger charge is 2.16. The molecule has 1 aromatic heterocycles. The Morgan fingerprint density at radius 1 is 1.56 bits per heavy atom. The number of ether oxygens (including phenoxy) is 2. The first-order chi connectivity index (χ1) is 8.70. The molecule has 1 aliphatic rings. The van der Waals surface area contributed by atoms with Crippen molar-refractivity contribution >= 4 is 16.5 Å². The third-order valence-electron chi connectivity index (χ3n) is 2.91. The Morgan fingerprint density at radius 3 is 3.00 bits per heavy atom. The van der Waals surface area contributed by atoms with Gasteiger partial charge in [-0.1, -0.05) is 11.3 Å². The van der Waals surface area contributed by atoms with Gasteiger partial charge >= 0.3 is 0 Å². The summed E-state index contributed by atoms with van der Waals surface area (Å²) in [7, 11) is 5.64. The Kier molecular flexibility index (Phi) is 4.79. The molecule has 0 spiro atoms. The molecule has 102 valence electrons. The summed E-state index contributed by atoms with van der Waals surface area (Å²) in [6.07, 6.45) is 2.72. The zero-order chi connectivity index (χ0) is 13.0. The number of hydrogen-bond donors (Lipinski definition) is 1. The SMILES string of the molecule is COc1nc(N(C)C)sc1CNCC1CCCO1. The molecule has 0 saturated carbocycles. The van der Waals surface area contributed by atoms with Crippen molar-refractivity contribution in [1.29, 1.82) is 0 Å². The fourth-order valence-electron chi connectivity index (χ4n) is 1.94. The highest BCUT2D eigenvalue weighted by molar-refractivity contribution is 7.15. The smallest absolute Gasteiger partial charge is 0.230 e. The first-order valence-corrected chi connectivity index (χ1v) is 7.05. The Hall–Kier alpha value is -0.850. The molecular formula is C12H21N3O2S. The van der Waals surface area contributed by atoms with Crippen molar-refractivity contribution in [2.75, 3.05) is 39.3 Å². The minimum atomic E-state index is 0.372. The normalized spacial score (nSPS) is 19.2. The van der Waals surface area contributed by atoms with E-state index < -0.39 is 0 Å². The van der Waals surface area contributed by atoms with Crippen molar-refractivity contribution in [1.82, 2.24) is 10.3 Å². The van der Waals surface area contributed by atoms with Gasteiger partial charge in [0.25, 0.3) is 0 Å². The van der Waals surface area contributed by atoms with E-state index in [4.69, 9.17) is 9.47 Å². The largest absolute Gasteiger partial charge is 0.480 e. The molecule has 18 heavy (non-hydrogen) atoms. The maximum atomic E-state index is 5.58. The molecule has 0 radical (unpaired) electrons. The minimum Gasteiger partial charge on any atom is -0.480 e. The zero-order valence-corrected chi connectivity index (χ0v) is 12.0. The Bertz CT molecular complexity index is 375. The molecule has 1 aliphatic heterocycles. The summed E-state index contributed by atoms with van der Waals surface area (Å²) in [4.78, 5) is 7.56. The predicted molar refractivity (Wildman–Crippen MR) is 73.7 cm³/mol. The van der Waals surface area contributed by atoms with Crippen LogP contribution < -0.4 is 15.0 Å². The molecule has 6 heteroatoms. The number of hydrogen-bond acceptors (Lipinski definition) is 6. The fourth-order valence-corrected chi connectivity index (χ4v) is 2.86. The van der Waals surface area contributed by atoms with E-state index in [-0.39, 0.29) is 0 Å². The minimum absolute atomic E-state index is 0.372. The Morgan fingerprint density at radius 2 is 2.39 bits per heavy atom. The molecule has 1 fully saturated rings. The molecule has 2 heterocycles. The number of anilines is 1. The second kappa shape index (κ2) is 6.36. The summed E-state index contributed by atoms with van der Waals surface area (Å²) in [6.45, 7) is 2.59. The van der Waals surface area contributed by atoms with Crippen LogP contribution in [-0.4, -0.2) is 45.4 Å². The van der Waals surface area contributed by atoms with Gasteiger partial charge in [0.2, 0.25) is 5.88 Å². The highest BCUT2D eigenvalue weighted by Crippen LogP contribution is 2.30. The number of nitrogens with one attached hydrogen (secondary N) is 1. The fraction of sp³-hybridized carbons (Fsp3) is 0.750. The Labute approximate surface area is 112 Å². The van der Waals surface area contributed by atoms with Crippen molar-refractivity contribution in [2.24, 2.45) is 0 Å². The van der Waals surface area contributed by atoms with E-state index in [0.29, 0.717) is 6.10 Å². The average Bonchev–Trinajstić information content (AvgIpc) is 2.97. The van der Waals surface area contributed by atoms with Crippen LogP contribution in [0.2, 0.25) is 0 Å². The lowest BCUT2D eigenvalue weighted by molar-refractivity contribution is 0.110. The number of methoxy groups -OCH3 is 1. The van der Waals surface area contributed by atoms with E-state index in [0.717, 1.165) is 42.0 Å². The van der Waals surface area contributed by atoms with E-state index in [1.165, 1.54) is 6.42 Å². The summed E-state index contributed by atoms with van der Waals surface area (Å²) in [6, 6.07) is 0. The molecule has 0 amide bonds. The van der Waals surface area contributed by atoms with E-state index in [9.17, 15) is 0 Å². The molecule has 1 N–H and O–H groups in total. The van der Waals surface area contributed by atoms with E-state index in [2.05, 4.69) is 10.3 Å². The van der Waals surface area contributed by atoms with Crippen LogP contribution in [0.5, 0.6) is 5.88 Å². The first-order valence-electron chi connectivity index (χ1n) is 6.24. The third-order valence-corrected chi connectivity index (χ3v) is 4.11. The molecule has 1 atom stereocenters. The highest BCUT2D eigenvalue weighted by atomic mass is 32.1. The standard InChI is InChI=1S/C12H21N3O2S/c1-15(2)12-14-11(16-3)10(18-12)8-13-7-9-5-4-6-17-9/h9,13H,4-8H2,1-3H3. The van der Waals surface area contributed by atoms with Crippen LogP contribution in [0.15, 0.2) is 0 Å². The van der Waals surface area contributed by atoms with Gasteiger partial charge in [-0.15, -0.1) is 0 Å². The number of aromatic nitrogens is 1. The van der Waals surface area contributed by atoms with Gasteiger partial charge in [0.05, 0.1) is 18.1 Å². The lowest BCUT2D eigenvalue weighted by Crippen LogP contribution is -2.25. The van der Waals surface area contributed by atoms with Gasteiger partial charge in [0.1, 0.15) is 0 Å². The van der Waals surface area contributed by atoms with Crippen molar-refractivity contribution in [3.63, 3.8) is 0 Å². The molecule has 0 bridgehead atoms. The van der Waals surface area contributed by atoms with Crippen LogP contribution in [0.3, 0.4) is 0 Å². The van der Waals surface area contributed by atoms with E-state index in [1.54, 1.807) is 18.4 Å². The maximum Gasteiger partial charge on any atom is 0.230 e. The third kappa shape index (κ3) is 3.34. The van der Waals surface area contributed by atoms with Gasteiger partial charge in [-0.25, -0.2) is 0 Å². The number of thiazole rings is 1. The van der Waals surface area contributed by atoms with Gasteiger partial charge in [-0.3, -0.25) is 0 Å². The molecule has 2 rings (SSSR count). The summed E-state index contributed by atoms with van der Waals surface area (Å²) < 4.78 is 10.9. The Balaban J connectivity index is 1.87. The van der Waals surface area contributed by atoms with E-state index >= 15 is 0 Å². The molecule has 5 nitrogen and oxygen atoms in total. The average molecular weight is 271 g/mol. The molecule has 0 aliphatic carbocycles. The quantitative estimate of drug-likeness (QED) is 0.849. The van der Waals surface area contributed by atoms with Crippen molar-refractivity contribution in [3.8, 4) is 5.88 Å². The second-order valence-corrected chi connectivity index (χ2v) is 5.65. The summed E-state index contributed by atoms with van der Waals surface area (Å²) in [5.74, 6) is 0.726. The molecule has 1 unspecified atom stereocenters. The first kappa shape index (κ1) is 13.6. The van der Waals surface area contributed by atoms with Crippen LogP contribution in [0.4, 0.5) is 5.13 Å². The van der Waals surface area contributed by atoms with Crippen LogP contribution in [0, 0.1) is 0 Å². The van der Waals surface area contributed by atoms with Gasteiger partial charge < -0.3 is 19.7 Å². The number of rotatable bonds is 6. The van der Waals surface area contributed by atoms with Gasteiger partial charge in [-0.2, -0.15) is 4.98 Å². The predicted octanol–water partition coefficient (Wildman–Crippen LogP) is 1.49. The van der Waals surface area contributed by atoms with Crippen molar-refractivity contribution in [2.45, 2.75) is 25.5 Å². The molecule has 0 aromatic carbocycles. The maximum absolute atomic E-state index is 5.58. The van der Waals surface area contributed by atoms with Crippen LogP contribution in [0.25, 0.3) is 0 Å². The van der Waals surface area contributed by atoms with Crippen LogP contribution in [0.1, 0.15) is 17.7 Å². The van der Waals surface area contributed by atoms with Crippen LogP contribution in [-0.2, 0) is 11.3 Å². The molecule has 1 saturated heterocycles. The monoisotopic (exact) mass is 271 g/mol. The lowest BCUT2D eigenvalue weighted by Gasteiger charge is -2.10. The molecule has 1 aromatic rings.